The molecule has 4 rings (SSSR count). The van der Waals surface area contributed by atoms with Crippen molar-refractivity contribution in [3.63, 3.8) is 0 Å². The second kappa shape index (κ2) is 9.27. The first-order valence-corrected chi connectivity index (χ1v) is 11.6. The van der Waals surface area contributed by atoms with Crippen molar-refractivity contribution in [2.45, 2.75) is 85.2 Å². The van der Waals surface area contributed by atoms with Gasteiger partial charge in [-0.2, -0.15) is 0 Å². The van der Waals surface area contributed by atoms with Crippen LogP contribution >= 0.6 is 0 Å². The third kappa shape index (κ3) is 4.88. The first kappa shape index (κ1) is 21.1. The van der Waals surface area contributed by atoms with Crippen LogP contribution in [-0.2, 0) is 4.74 Å². The van der Waals surface area contributed by atoms with Crippen molar-refractivity contribution >= 4 is 0 Å². The van der Waals surface area contributed by atoms with Crippen molar-refractivity contribution in [3.05, 3.63) is 23.3 Å². The van der Waals surface area contributed by atoms with Gasteiger partial charge in [-0.15, -0.1) is 0 Å². The molecule has 0 heterocycles. The van der Waals surface area contributed by atoms with E-state index < -0.39 is 0 Å². The van der Waals surface area contributed by atoms with E-state index in [0.29, 0.717) is 5.92 Å². The monoisotopic (exact) mass is 373 g/mol. The minimum atomic E-state index is 0.172. The lowest BCUT2D eigenvalue weighted by Gasteiger charge is -2.62. The molecule has 1 N–H and O–H groups in total. The maximum absolute atomic E-state index is 6.78. The van der Waals surface area contributed by atoms with Gasteiger partial charge < -0.3 is 10.1 Å². The molecule has 0 aromatic heterocycles. The summed E-state index contributed by atoms with van der Waals surface area (Å²) in [6.45, 7) is 14.2. The van der Waals surface area contributed by atoms with Gasteiger partial charge in [-0.3, -0.25) is 0 Å². The van der Waals surface area contributed by atoms with E-state index >= 15 is 0 Å². The molecule has 4 fully saturated rings. The second-order valence-electron chi connectivity index (χ2n) is 10.2. The molecule has 0 radical (unpaired) electrons. The Morgan fingerprint density at radius 1 is 1.00 bits per heavy atom. The fourth-order valence-corrected chi connectivity index (χ4v) is 6.60. The van der Waals surface area contributed by atoms with Crippen molar-refractivity contribution in [2.75, 3.05) is 19.7 Å². The summed E-state index contributed by atoms with van der Waals surface area (Å²) in [5.74, 6) is 4.32. The van der Waals surface area contributed by atoms with Crippen LogP contribution in [0, 0.1) is 29.6 Å². The van der Waals surface area contributed by atoms with Crippen LogP contribution in [0.5, 0.6) is 0 Å². The predicted molar refractivity (Wildman–Crippen MR) is 116 cm³/mol. The van der Waals surface area contributed by atoms with Crippen LogP contribution in [0.2, 0.25) is 0 Å². The largest absolute Gasteiger partial charge is 0.373 e. The Balaban J connectivity index is 1.42. The maximum atomic E-state index is 6.78. The van der Waals surface area contributed by atoms with Gasteiger partial charge in [-0.05, 0) is 95.3 Å². The van der Waals surface area contributed by atoms with Gasteiger partial charge in [0.05, 0.1) is 12.2 Å². The molecule has 0 aliphatic heterocycles. The predicted octanol–water partition coefficient (Wildman–Crippen LogP) is 6.14. The lowest BCUT2D eigenvalue weighted by Crippen LogP contribution is -2.62. The molecule has 0 atom stereocenters. The molecule has 2 nitrogen and oxygen atoms in total. The SMILES string of the molecule is CC(C)=CCC/C(C)=C/CNCCOC1(C(C)C)C2CC3CC(C2)CC1C3. The first-order chi connectivity index (χ1) is 12.9. The molecule has 0 unspecified atom stereocenters. The third-order valence-corrected chi connectivity index (χ3v) is 7.63. The Morgan fingerprint density at radius 3 is 2.19 bits per heavy atom. The summed E-state index contributed by atoms with van der Waals surface area (Å²) in [5.41, 5.74) is 3.08. The van der Waals surface area contributed by atoms with E-state index in [1.807, 2.05) is 0 Å². The van der Waals surface area contributed by atoms with E-state index in [0.717, 1.165) is 49.8 Å². The molecule has 0 aromatic carbocycles. The molecule has 0 amide bonds. The van der Waals surface area contributed by atoms with Gasteiger partial charge in [0, 0.05) is 13.1 Å². The summed E-state index contributed by atoms with van der Waals surface area (Å²) in [7, 11) is 0. The third-order valence-electron chi connectivity index (χ3n) is 7.63. The maximum Gasteiger partial charge on any atom is 0.0762 e. The van der Waals surface area contributed by atoms with Gasteiger partial charge in [0.25, 0.3) is 0 Å². The fourth-order valence-electron chi connectivity index (χ4n) is 6.60. The molecule has 0 spiro atoms. The zero-order chi connectivity index (χ0) is 19.4. The van der Waals surface area contributed by atoms with Crippen molar-refractivity contribution < 1.29 is 4.74 Å². The molecule has 27 heavy (non-hydrogen) atoms. The zero-order valence-electron chi connectivity index (χ0n) is 18.5. The molecular weight excluding hydrogens is 330 g/mol. The molecule has 4 saturated carbocycles. The molecule has 154 valence electrons. The van der Waals surface area contributed by atoms with Gasteiger partial charge in [0.1, 0.15) is 0 Å². The standard InChI is InChI=1S/C25H43NO/c1-18(2)7-6-8-20(5)9-10-26-11-12-27-25(19(3)4)23-14-21-13-22(16-23)17-24(25)15-21/h7,9,19,21-24,26H,6,8,10-17H2,1-5H3/b20-9+. The minimum absolute atomic E-state index is 0.172. The number of hydrogen-bond acceptors (Lipinski definition) is 2. The van der Waals surface area contributed by atoms with Crippen LogP contribution in [0.4, 0.5) is 0 Å². The summed E-state index contributed by atoms with van der Waals surface area (Å²) in [6, 6.07) is 0. The number of hydrogen-bond donors (Lipinski definition) is 1. The van der Waals surface area contributed by atoms with E-state index in [9.17, 15) is 0 Å². The van der Waals surface area contributed by atoms with Crippen LogP contribution in [-0.4, -0.2) is 25.3 Å². The Bertz CT molecular complexity index is 513. The van der Waals surface area contributed by atoms with Crippen LogP contribution in [0.15, 0.2) is 23.3 Å². The summed E-state index contributed by atoms with van der Waals surface area (Å²) < 4.78 is 6.78. The van der Waals surface area contributed by atoms with Gasteiger partial charge in [-0.1, -0.05) is 37.1 Å². The number of ether oxygens (including phenoxy) is 1. The van der Waals surface area contributed by atoms with Crippen molar-refractivity contribution in [3.8, 4) is 0 Å². The van der Waals surface area contributed by atoms with Gasteiger partial charge in [-0.25, -0.2) is 0 Å². The van der Waals surface area contributed by atoms with Gasteiger partial charge >= 0.3 is 0 Å². The highest BCUT2D eigenvalue weighted by atomic mass is 16.5. The molecule has 2 heteroatoms. The lowest BCUT2D eigenvalue weighted by molar-refractivity contribution is -0.225. The van der Waals surface area contributed by atoms with E-state index in [1.54, 1.807) is 0 Å². The highest BCUT2D eigenvalue weighted by Gasteiger charge is 2.59. The molecule has 4 aliphatic rings. The van der Waals surface area contributed by atoms with Crippen molar-refractivity contribution in [2.24, 2.45) is 29.6 Å². The highest BCUT2D eigenvalue weighted by Crippen LogP contribution is 2.61. The van der Waals surface area contributed by atoms with Crippen LogP contribution in [0.25, 0.3) is 0 Å². The van der Waals surface area contributed by atoms with Crippen LogP contribution in [0.1, 0.15) is 79.6 Å². The summed E-state index contributed by atoms with van der Waals surface area (Å²) in [4.78, 5) is 0. The first-order valence-electron chi connectivity index (χ1n) is 11.6. The van der Waals surface area contributed by atoms with E-state index in [4.69, 9.17) is 4.74 Å². The lowest BCUT2D eigenvalue weighted by atomic mass is 9.47. The van der Waals surface area contributed by atoms with Crippen molar-refractivity contribution in [1.29, 1.82) is 0 Å². The van der Waals surface area contributed by atoms with Crippen LogP contribution in [0.3, 0.4) is 0 Å². The fraction of sp³-hybridized carbons (Fsp3) is 0.840. The topological polar surface area (TPSA) is 21.3 Å². The summed E-state index contributed by atoms with van der Waals surface area (Å²) >= 11 is 0. The second-order valence-corrected chi connectivity index (χ2v) is 10.2. The average molecular weight is 374 g/mol. The smallest absolute Gasteiger partial charge is 0.0762 e. The Hall–Kier alpha value is -0.600. The number of allylic oxidation sites excluding steroid dienone is 3. The van der Waals surface area contributed by atoms with E-state index in [2.05, 4.69) is 52.1 Å². The molecule has 0 aromatic rings. The zero-order valence-corrected chi connectivity index (χ0v) is 18.5. The van der Waals surface area contributed by atoms with Crippen LogP contribution < -0.4 is 5.32 Å². The Kier molecular flexibility index (Phi) is 7.25. The summed E-state index contributed by atoms with van der Waals surface area (Å²) in [5, 5.41) is 3.58. The van der Waals surface area contributed by atoms with Gasteiger partial charge in [0.15, 0.2) is 0 Å². The molecular formula is C25H43NO. The normalized spacial score (nSPS) is 35.1. The Morgan fingerprint density at radius 2 is 1.63 bits per heavy atom. The van der Waals surface area contributed by atoms with Crippen molar-refractivity contribution in [1.82, 2.24) is 5.32 Å². The molecule has 0 saturated heterocycles. The number of nitrogens with one attached hydrogen (secondary N) is 1. The highest BCUT2D eigenvalue weighted by molar-refractivity contribution is 5.09. The minimum Gasteiger partial charge on any atom is -0.373 e. The number of rotatable bonds is 10. The molecule has 4 bridgehead atoms. The quantitative estimate of drug-likeness (QED) is 0.367. The van der Waals surface area contributed by atoms with E-state index in [1.165, 1.54) is 49.7 Å². The Labute approximate surface area is 168 Å². The average Bonchev–Trinajstić information content (AvgIpc) is 2.59. The van der Waals surface area contributed by atoms with E-state index in [-0.39, 0.29) is 5.60 Å². The van der Waals surface area contributed by atoms with Gasteiger partial charge in [0.2, 0.25) is 0 Å². The summed E-state index contributed by atoms with van der Waals surface area (Å²) in [6.07, 6.45) is 14.3. The molecule has 4 aliphatic carbocycles.